The zero-order chi connectivity index (χ0) is 23.8. The van der Waals surface area contributed by atoms with Gasteiger partial charge in [0.15, 0.2) is 0 Å². The van der Waals surface area contributed by atoms with Crippen LogP contribution >= 0.6 is 0 Å². The minimum absolute atomic E-state index is 0.00247. The zero-order valence-corrected chi connectivity index (χ0v) is 20.1. The zero-order valence-electron chi connectivity index (χ0n) is 20.1. The van der Waals surface area contributed by atoms with Crippen LogP contribution < -0.4 is 10.2 Å². The smallest absolute Gasteiger partial charge is 0.255 e. The van der Waals surface area contributed by atoms with Gasteiger partial charge in [0, 0.05) is 49.5 Å². The summed E-state index contributed by atoms with van der Waals surface area (Å²) in [7, 11) is 3.92. The average molecular weight is 442 g/mol. The molecule has 0 fully saturated rings. The van der Waals surface area contributed by atoms with Crippen LogP contribution in [-0.2, 0) is 11.3 Å². The first kappa shape index (κ1) is 25.4. The number of hydrogen-bond donors (Lipinski definition) is 1. The Morgan fingerprint density at radius 2 is 1.69 bits per heavy atom. The van der Waals surface area contributed by atoms with Crippen LogP contribution in [0.1, 0.15) is 62.9 Å². The van der Waals surface area contributed by atoms with Crippen molar-refractivity contribution < 1.29 is 14.0 Å². The second-order valence-electron chi connectivity index (χ2n) is 8.44. The monoisotopic (exact) mass is 441 g/mol. The molecule has 2 aromatic rings. The number of halogens is 1. The third-order valence-electron chi connectivity index (χ3n) is 5.99. The number of benzene rings is 2. The van der Waals surface area contributed by atoms with Gasteiger partial charge in [-0.25, -0.2) is 4.39 Å². The maximum atomic E-state index is 13.5. The Labute approximate surface area is 191 Å². The van der Waals surface area contributed by atoms with E-state index >= 15 is 0 Å². The molecule has 5 nitrogen and oxygen atoms in total. The number of nitrogens with zero attached hydrogens (tertiary/aromatic N) is 2. The molecule has 0 aliphatic rings. The molecule has 0 spiro atoms. The summed E-state index contributed by atoms with van der Waals surface area (Å²) >= 11 is 0. The summed E-state index contributed by atoms with van der Waals surface area (Å²) in [6.45, 7) is 8.72. The molecule has 0 radical (unpaired) electrons. The number of nitrogens with one attached hydrogen (secondary N) is 1. The second kappa shape index (κ2) is 11.7. The fourth-order valence-electron chi connectivity index (χ4n) is 3.79. The number of anilines is 2. The van der Waals surface area contributed by atoms with Crippen molar-refractivity contribution in [1.29, 1.82) is 0 Å². The molecule has 1 N–H and O–H groups in total. The lowest BCUT2D eigenvalue weighted by Gasteiger charge is -2.33. The molecule has 0 aliphatic carbocycles. The third kappa shape index (κ3) is 6.31. The standard InChI is InChI=1S/C26H36FN3O2/c1-7-18(4)30(26(32)19(8-2)9-3)17-21-16-23(13-14-24(21)29(5)6)28-25(31)20-11-10-12-22(27)15-20/h10-16,18-19H,7-9,17H2,1-6H3,(H,28,31)/t18-/m1/s1. The number of amides is 2. The molecular formula is C26H36FN3O2. The van der Waals surface area contributed by atoms with Gasteiger partial charge in [-0.05, 0) is 68.1 Å². The van der Waals surface area contributed by atoms with Crippen molar-refractivity contribution in [2.24, 2.45) is 5.92 Å². The highest BCUT2D eigenvalue weighted by Crippen LogP contribution is 2.27. The molecule has 0 bridgehead atoms. The van der Waals surface area contributed by atoms with E-state index in [0.717, 1.165) is 30.5 Å². The molecule has 32 heavy (non-hydrogen) atoms. The van der Waals surface area contributed by atoms with E-state index in [1.54, 1.807) is 6.07 Å². The maximum absolute atomic E-state index is 13.5. The van der Waals surface area contributed by atoms with Crippen LogP contribution in [0.25, 0.3) is 0 Å². The summed E-state index contributed by atoms with van der Waals surface area (Å²) < 4.78 is 13.5. The van der Waals surface area contributed by atoms with Crippen molar-refractivity contribution in [3.63, 3.8) is 0 Å². The number of rotatable bonds is 10. The second-order valence-corrected chi connectivity index (χ2v) is 8.44. The summed E-state index contributed by atoms with van der Waals surface area (Å²) in [6.07, 6.45) is 2.48. The van der Waals surface area contributed by atoms with Crippen molar-refractivity contribution in [3.05, 3.63) is 59.4 Å². The molecule has 0 saturated heterocycles. The van der Waals surface area contributed by atoms with Crippen LogP contribution in [0.15, 0.2) is 42.5 Å². The lowest BCUT2D eigenvalue weighted by molar-refractivity contribution is -0.138. The summed E-state index contributed by atoms with van der Waals surface area (Å²) in [4.78, 5) is 29.8. The Hall–Kier alpha value is -2.89. The summed E-state index contributed by atoms with van der Waals surface area (Å²) in [5.74, 6) is -0.656. The van der Waals surface area contributed by atoms with Gasteiger partial charge in [0.1, 0.15) is 5.82 Å². The SMILES string of the molecule is CCC(CC)C(=O)N(Cc1cc(NC(=O)c2cccc(F)c2)ccc1N(C)C)[C@H](C)CC. The Morgan fingerprint density at radius 3 is 2.25 bits per heavy atom. The van der Waals surface area contributed by atoms with Gasteiger partial charge >= 0.3 is 0 Å². The lowest BCUT2D eigenvalue weighted by Crippen LogP contribution is -2.41. The normalized spacial score (nSPS) is 11.9. The van der Waals surface area contributed by atoms with Crippen LogP contribution in [0.2, 0.25) is 0 Å². The number of carbonyl (C=O) groups excluding carboxylic acids is 2. The first-order valence-electron chi connectivity index (χ1n) is 11.4. The summed E-state index contributed by atoms with van der Waals surface area (Å²) in [5.41, 5.74) is 2.80. The van der Waals surface area contributed by atoms with E-state index in [-0.39, 0.29) is 29.3 Å². The van der Waals surface area contributed by atoms with Crippen LogP contribution in [0.4, 0.5) is 15.8 Å². The lowest BCUT2D eigenvalue weighted by atomic mass is 9.99. The molecule has 6 heteroatoms. The van der Waals surface area contributed by atoms with Crippen LogP contribution in [0.3, 0.4) is 0 Å². The third-order valence-corrected chi connectivity index (χ3v) is 5.99. The van der Waals surface area contributed by atoms with E-state index in [4.69, 9.17) is 0 Å². The van der Waals surface area contributed by atoms with Gasteiger partial charge in [-0.1, -0.05) is 26.8 Å². The van der Waals surface area contributed by atoms with Gasteiger partial charge in [0.25, 0.3) is 5.91 Å². The summed E-state index contributed by atoms with van der Waals surface area (Å²) in [6, 6.07) is 11.4. The van der Waals surface area contributed by atoms with Gasteiger partial charge in [-0.15, -0.1) is 0 Å². The van der Waals surface area contributed by atoms with E-state index in [0.29, 0.717) is 12.2 Å². The van der Waals surface area contributed by atoms with E-state index < -0.39 is 5.82 Å². The molecule has 0 aliphatic heterocycles. The van der Waals surface area contributed by atoms with Gasteiger partial charge in [0.05, 0.1) is 0 Å². The molecule has 0 unspecified atom stereocenters. The predicted molar refractivity (Wildman–Crippen MR) is 129 cm³/mol. The van der Waals surface area contributed by atoms with Crippen molar-refractivity contribution >= 4 is 23.2 Å². The molecule has 1 atom stereocenters. The minimum Gasteiger partial charge on any atom is -0.377 e. The first-order chi connectivity index (χ1) is 15.2. The van der Waals surface area contributed by atoms with Crippen molar-refractivity contribution in [2.45, 2.75) is 59.5 Å². The quantitative estimate of drug-likeness (QED) is 0.514. The fourth-order valence-corrected chi connectivity index (χ4v) is 3.79. The van der Waals surface area contributed by atoms with E-state index in [1.807, 2.05) is 42.1 Å². The fraction of sp³-hybridized carbons (Fsp3) is 0.462. The Kier molecular flexibility index (Phi) is 9.24. The highest BCUT2D eigenvalue weighted by Gasteiger charge is 2.26. The topological polar surface area (TPSA) is 52.7 Å². The van der Waals surface area contributed by atoms with Gasteiger partial charge < -0.3 is 15.1 Å². The van der Waals surface area contributed by atoms with Gasteiger partial charge in [-0.3, -0.25) is 9.59 Å². The van der Waals surface area contributed by atoms with Crippen molar-refractivity contribution in [3.8, 4) is 0 Å². The van der Waals surface area contributed by atoms with Gasteiger partial charge in [0.2, 0.25) is 5.91 Å². The number of carbonyl (C=O) groups is 2. The molecule has 2 amide bonds. The Morgan fingerprint density at radius 1 is 1.00 bits per heavy atom. The largest absolute Gasteiger partial charge is 0.377 e. The Bertz CT molecular complexity index is 925. The maximum Gasteiger partial charge on any atom is 0.255 e. The predicted octanol–water partition coefficient (Wildman–Crippen LogP) is 5.71. The molecule has 0 saturated carbocycles. The number of hydrogen-bond acceptors (Lipinski definition) is 3. The Balaban J connectivity index is 2.37. The first-order valence-corrected chi connectivity index (χ1v) is 11.4. The molecule has 0 aromatic heterocycles. The van der Waals surface area contributed by atoms with Gasteiger partial charge in [-0.2, -0.15) is 0 Å². The molecule has 2 aromatic carbocycles. The minimum atomic E-state index is -0.453. The van der Waals surface area contributed by atoms with Crippen molar-refractivity contribution in [1.82, 2.24) is 4.90 Å². The van der Waals surface area contributed by atoms with E-state index in [1.165, 1.54) is 18.2 Å². The average Bonchev–Trinajstić information content (AvgIpc) is 2.77. The van der Waals surface area contributed by atoms with Crippen molar-refractivity contribution in [2.75, 3.05) is 24.3 Å². The molecule has 2 rings (SSSR count). The molecule has 0 heterocycles. The highest BCUT2D eigenvalue weighted by molar-refractivity contribution is 6.04. The molecular weight excluding hydrogens is 405 g/mol. The van der Waals surface area contributed by atoms with Crippen LogP contribution in [0, 0.1) is 11.7 Å². The highest BCUT2D eigenvalue weighted by atomic mass is 19.1. The molecule has 174 valence electrons. The van der Waals surface area contributed by atoms with E-state index in [9.17, 15) is 14.0 Å². The van der Waals surface area contributed by atoms with Crippen LogP contribution in [-0.4, -0.2) is 36.9 Å². The summed E-state index contributed by atoms with van der Waals surface area (Å²) in [5, 5.41) is 2.86. The van der Waals surface area contributed by atoms with Crippen LogP contribution in [0.5, 0.6) is 0 Å². The van der Waals surface area contributed by atoms with E-state index in [2.05, 4.69) is 33.0 Å².